The van der Waals surface area contributed by atoms with E-state index in [4.69, 9.17) is 4.74 Å². The summed E-state index contributed by atoms with van der Waals surface area (Å²) in [6.45, 7) is 2.72. The van der Waals surface area contributed by atoms with Gasteiger partial charge in [-0.2, -0.15) is 0 Å². The molecule has 6 heteroatoms. The van der Waals surface area contributed by atoms with Gasteiger partial charge >= 0.3 is 0 Å². The van der Waals surface area contributed by atoms with Crippen molar-refractivity contribution in [2.45, 2.75) is 69.6 Å². The van der Waals surface area contributed by atoms with E-state index in [0.717, 1.165) is 67.1 Å². The Kier molecular flexibility index (Phi) is 3.74. The molecule has 1 aromatic rings. The Labute approximate surface area is 152 Å². The summed E-state index contributed by atoms with van der Waals surface area (Å²) in [4.78, 5) is 18.4. The van der Waals surface area contributed by atoms with Gasteiger partial charge in [0, 0.05) is 12.6 Å². The van der Waals surface area contributed by atoms with E-state index in [1.165, 1.54) is 11.3 Å². The molecular formula is C19H26N2O3S. The van der Waals surface area contributed by atoms with Gasteiger partial charge in [0.1, 0.15) is 11.0 Å². The Morgan fingerprint density at radius 1 is 1.32 bits per heavy atom. The van der Waals surface area contributed by atoms with Crippen molar-refractivity contribution < 1.29 is 14.6 Å². The molecule has 2 unspecified atom stereocenters. The van der Waals surface area contributed by atoms with Crippen molar-refractivity contribution in [1.29, 1.82) is 0 Å². The molecular weight excluding hydrogens is 336 g/mol. The lowest BCUT2D eigenvalue weighted by Gasteiger charge is -2.58. The molecule has 0 spiro atoms. The number of nitrogens with one attached hydrogen (secondary N) is 1. The number of hydrogen-bond donors (Lipinski definition) is 2. The van der Waals surface area contributed by atoms with E-state index in [1.807, 2.05) is 6.92 Å². The Morgan fingerprint density at radius 3 is 2.72 bits per heavy atom. The highest BCUT2D eigenvalue weighted by atomic mass is 32.1. The third-order valence-corrected chi connectivity index (χ3v) is 7.73. The van der Waals surface area contributed by atoms with Crippen molar-refractivity contribution >= 4 is 17.2 Å². The lowest BCUT2D eigenvalue weighted by atomic mass is 9.52. The monoisotopic (exact) mass is 362 g/mol. The summed E-state index contributed by atoms with van der Waals surface area (Å²) in [5, 5.41) is 15.0. The summed E-state index contributed by atoms with van der Waals surface area (Å²) in [6, 6.07) is 0.212. The molecule has 4 aliphatic carbocycles. The second-order valence-corrected chi connectivity index (χ2v) is 9.85. The fourth-order valence-corrected chi connectivity index (χ4v) is 6.92. The van der Waals surface area contributed by atoms with Crippen molar-refractivity contribution in [2.75, 3.05) is 6.61 Å². The number of thiazole rings is 1. The molecule has 6 rings (SSSR count). The van der Waals surface area contributed by atoms with Gasteiger partial charge in [0.25, 0.3) is 5.91 Å². The van der Waals surface area contributed by atoms with Crippen LogP contribution in [-0.2, 0) is 4.74 Å². The fourth-order valence-electron chi connectivity index (χ4n) is 6.05. The highest BCUT2D eigenvalue weighted by Gasteiger charge is 2.55. The predicted octanol–water partition coefficient (Wildman–Crippen LogP) is 2.97. The molecule has 5 nitrogen and oxygen atoms in total. The molecule has 2 N–H and O–H groups in total. The van der Waals surface area contributed by atoms with E-state index in [0.29, 0.717) is 17.8 Å². The van der Waals surface area contributed by atoms with Gasteiger partial charge in [0.15, 0.2) is 0 Å². The Balaban J connectivity index is 1.36. The number of aryl methyl sites for hydroxylation is 1. The van der Waals surface area contributed by atoms with Crippen molar-refractivity contribution in [1.82, 2.24) is 10.3 Å². The van der Waals surface area contributed by atoms with E-state index >= 15 is 0 Å². The van der Waals surface area contributed by atoms with Crippen LogP contribution < -0.4 is 5.32 Å². The largest absolute Gasteiger partial charge is 0.390 e. The summed E-state index contributed by atoms with van der Waals surface area (Å²) in [7, 11) is 0. The van der Waals surface area contributed by atoms with Gasteiger partial charge in [0.05, 0.1) is 16.3 Å². The summed E-state index contributed by atoms with van der Waals surface area (Å²) in [5.74, 6) is 1.53. The molecule has 4 saturated carbocycles. The zero-order chi connectivity index (χ0) is 17.2. The Hall–Kier alpha value is -0.980. The molecule has 2 heterocycles. The maximum absolute atomic E-state index is 13.0. The van der Waals surface area contributed by atoms with Crippen LogP contribution in [0.3, 0.4) is 0 Å². The van der Waals surface area contributed by atoms with E-state index in [2.05, 4.69) is 10.3 Å². The lowest BCUT2D eigenvalue weighted by molar-refractivity contribution is -0.136. The zero-order valence-corrected chi connectivity index (χ0v) is 15.5. The topological polar surface area (TPSA) is 71.5 Å². The molecule has 136 valence electrons. The summed E-state index contributed by atoms with van der Waals surface area (Å²) >= 11 is 1.48. The number of aliphatic hydroxyl groups is 1. The van der Waals surface area contributed by atoms with Crippen molar-refractivity contribution in [3.05, 3.63) is 15.6 Å². The first-order valence-electron chi connectivity index (χ1n) is 9.63. The van der Waals surface area contributed by atoms with E-state index in [1.54, 1.807) is 0 Å². The molecule has 5 aliphatic rings. The van der Waals surface area contributed by atoms with Crippen LogP contribution in [0.5, 0.6) is 0 Å². The normalized spacial score (nSPS) is 42.1. The van der Waals surface area contributed by atoms with Crippen LogP contribution in [0.2, 0.25) is 0 Å². The Bertz CT molecular complexity index is 681. The van der Waals surface area contributed by atoms with Gasteiger partial charge in [-0.15, -0.1) is 11.3 Å². The molecule has 1 aliphatic heterocycles. The van der Waals surface area contributed by atoms with Crippen molar-refractivity contribution in [2.24, 2.45) is 17.8 Å². The molecule has 1 saturated heterocycles. The third kappa shape index (κ3) is 2.73. The molecule has 3 atom stereocenters. The van der Waals surface area contributed by atoms with Crippen LogP contribution in [-0.4, -0.2) is 34.2 Å². The van der Waals surface area contributed by atoms with Gasteiger partial charge < -0.3 is 15.2 Å². The van der Waals surface area contributed by atoms with Crippen LogP contribution >= 0.6 is 11.3 Å². The van der Waals surface area contributed by atoms with Gasteiger partial charge in [-0.1, -0.05) is 0 Å². The number of nitrogens with zero attached hydrogens (tertiary/aromatic N) is 1. The number of rotatable bonds is 3. The van der Waals surface area contributed by atoms with Crippen LogP contribution in [0.4, 0.5) is 0 Å². The minimum absolute atomic E-state index is 0.0144. The third-order valence-electron chi connectivity index (χ3n) is 6.74. The molecule has 4 bridgehead atoms. The Morgan fingerprint density at radius 2 is 2.08 bits per heavy atom. The van der Waals surface area contributed by atoms with Gasteiger partial charge in [-0.05, 0) is 69.6 Å². The van der Waals surface area contributed by atoms with Crippen LogP contribution in [0.25, 0.3) is 0 Å². The highest BCUT2D eigenvalue weighted by Crippen LogP contribution is 2.55. The first-order chi connectivity index (χ1) is 12.0. The number of amides is 1. The highest BCUT2D eigenvalue weighted by molar-refractivity contribution is 7.13. The molecule has 0 radical (unpaired) electrons. The number of ether oxygens (including phenoxy) is 1. The second-order valence-electron chi connectivity index (χ2n) is 8.64. The van der Waals surface area contributed by atoms with Gasteiger partial charge in [0.2, 0.25) is 0 Å². The van der Waals surface area contributed by atoms with Crippen LogP contribution in [0, 0.1) is 24.7 Å². The van der Waals surface area contributed by atoms with E-state index < -0.39 is 5.60 Å². The fraction of sp³-hybridized carbons (Fsp3) is 0.789. The summed E-state index contributed by atoms with van der Waals surface area (Å²) in [5.41, 5.74) is 0.377. The average Bonchev–Trinajstić information content (AvgIpc) is 3.18. The van der Waals surface area contributed by atoms with Crippen LogP contribution in [0.15, 0.2) is 0 Å². The smallest absolute Gasteiger partial charge is 0.263 e. The van der Waals surface area contributed by atoms with Crippen LogP contribution in [0.1, 0.15) is 71.4 Å². The number of carbonyl (C=O) groups excluding carboxylic acids is 1. The molecule has 25 heavy (non-hydrogen) atoms. The molecule has 1 amide bonds. The first kappa shape index (κ1) is 16.2. The minimum Gasteiger partial charge on any atom is -0.390 e. The van der Waals surface area contributed by atoms with Gasteiger partial charge in [-0.3, -0.25) is 4.79 Å². The quantitative estimate of drug-likeness (QED) is 0.867. The number of aromatic nitrogens is 1. The van der Waals surface area contributed by atoms with Crippen molar-refractivity contribution in [3.8, 4) is 0 Å². The second kappa shape index (κ2) is 5.76. The first-order valence-corrected chi connectivity index (χ1v) is 10.4. The summed E-state index contributed by atoms with van der Waals surface area (Å²) in [6.07, 6.45) is 6.95. The zero-order valence-electron chi connectivity index (χ0n) is 14.7. The van der Waals surface area contributed by atoms with E-state index in [9.17, 15) is 9.90 Å². The lowest BCUT2D eigenvalue weighted by Crippen LogP contribution is -2.61. The van der Waals surface area contributed by atoms with Gasteiger partial charge in [-0.25, -0.2) is 4.98 Å². The number of hydrogen-bond acceptors (Lipinski definition) is 5. The van der Waals surface area contributed by atoms with Crippen molar-refractivity contribution in [3.63, 3.8) is 0 Å². The maximum atomic E-state index is 13.0. The summed E-state index contributed by atoms with van der Waals surface area (Å²) < 4.78 is 5.77. The van der Waals surface area contributed by atoms with E-state index in [-0.39, 0.29) is 18.1 Å². The predicted molar refractivity (Wildman–Crippen MR) is 94.5 cm³/mol. The SMILES string of the molecule is Cc1nc([C@H]2CCCO2)c(C(=O)NC2C3CC4CC2CC(O)(C4)C3)s1. The standard InChI is InChI=1S/C19H26N2O3S/c1-10-20-16(14-3-2-4-24-14)17(25-10)18(22)21-15-12-5-11-6-13(15)9-19(23,7-11)8-12/h11-15,23H,2-9H2,1H3,(H,21,22)/t11?,12?,13?,14-,15?,19?/m1/s1. The number of carbonyl (C=O) groups is 1. The average molecular weight is 362 g/mol. The maximum Gasteiger partial charge on any atom is 0.263 e. The molecule has 5 fully saturated rings. The molecule has 1 aromatic heterocycles. The molecule has 0 aromatic carbocycles. The minimum atomic E-state index is -0.457.